The van der Waals surface area contributed by atoms with Crippen LogP contribution < -0.4 is 4.90 Å². The van der Waals surface area contributed by atoms with Crippen LogP contribution in [0.2, 0.25) is 0 Å². The maximum absolute atomic E-state index is 2.44. The molecule has 0 radical (unpaired) electrons. The summed E-state index contributed by atoms with van der Waals surface area (Å²) in [6, 6.07) is 59.8. The van der Waals surface area contributed by atoms with Gasteiger partial charge in [-0.05, 0) is 74.5 Å². The van der Waals surface area contributed by atoms with Crippen molar-refractivity contribution in [3.05, 3.63) is 164 Å². The van der Waals surface area contributed by atoms with E-state index in [0.29, 0.717) is 0 Å². The van der Waals surface area contributed by atoms with Crippen molar-refractivity contribution >= 4 is 80.9 Å². The number of nitrogens with zero attached hydrogens (tertiary/aromatic N) is 1. The molecular weight excluding hydrogens is 551 g/mol. The first-order valence-corrected chi connectivity index (χ1v) is 15.8. The maximum atomic E-state index is 2.44. The number of anilines is 3. The average molecular weight is 578 g/mol. The van der Waals surface area contributed by atoms with E-state index in [1.165, 1.54) is 69.3 Å². The first kappa shape index (κ1) is 25.1. The fraction of sp³-hybridized carbons (Fsp3) is 0. The molecule has 0 saturated carbocycles. The lowest BCUT2D eigenvalue weighted by Gasteiger charge is -2.28. The number of benzene rings is 8. The highest BCUT2D eigenvalue weighted by Crippen LogP contribution is 2.45. The molecule has 0 amide bonds. The van der Waals surface area contributed by atoms with Crippen molar-refractivity contribution in [3.8, 4) is 11.1 Å². The normalized spacial score (nSPS) is 11.6. The molecule has 0 aliphatic rings. The van der Waals surface area contributed by atoms with Crippen molar-refractivity contribution in [2.45, 2.75) is 0 Å². The summed E-state index contributed by atoms with van der Waals surface area (Å²) in [4.78, 5) is 2.44. The molecule has 44 heavy (non-hydrogen) atoms. The summed E-state index contributed by atoms with van der Waals surface area (Å²) in [5, 5.41) is 10.2. The molecule has 8 aromatic carbocycles. The minimum atomic E-state index is 1.13. The number of hydrogen-bond donors (Lipinski definition) is 0. The second kappa shape index (κ2) is 10.1. The van der Waals surface area contributed by atoms with Crippen LogP contribution in [0.5, 0.6) is 0 Å². The van der Waals surface area contributed by atoms with Gasteiger partial charge in [-0.1, -0.05) is 127 Å². The van der Waals surface area contributed by atoms with Crippen LogP contribution >= 0.6 is 11.3 Å². The van der Waals surface area contributed by atoms with Crippen LogP contribution in [0.3, 0.4) is 0 Å². The summed E-state index contributed by atoms with van der Waals surface area (Å²) in [6.07, 6.45) is 0. The molecule has 9 rings (SSSR count). The summed E-state index contributed by atoms with van der Waals surface area (Å²) in [5.74, 6) is 0. The first-order valence-electron chi connectivity index (χ1n) is 15.0. The summed E-state index contributed by atoms with van der Waals surface area (Å²) < 4.78 is 2.62. The molecule has 0 aliphatic carbocycles. The topological polar surface area (TPSA) is 3.24 Å². The van der Waals surface area contributed by atoms with E-state index >= 15 is 0 Å². The fourth-order valence-corrected chi connectivity index (χ4v) is 7.90. The Hall–Kier alpha value is -5.44. The minimum Gasteiger partial charge on any atom is -0.310 e. The molecule has 0 bridgehead atoms. The van der Waals surface area contributed by atoms with Gasteiger partial charge in [-0.2, -0.15) is 0 Å². The predicted molar refractivity (Wildman–Crippen MR) is 192 cm³/mol. The number of fused-ring (bicyclic) bond motifs is 8. The van der Waals surface area contributed by atoms with Crippen LogP contribution in [0.25, 0.3) is 63.6 Å². The van der Waals surface area contributed by atoms with Crippen LogP contribution in [0.15, 0.2) is 164 Å². The van der Waals surface area contributed by atoms with Crippen molar-refractivity contribution in [1.29, 1.82) is 0 Å². The average Bonchev–Trinajstić information content (AvgIpc) is 3.47. The Morgan fingerprint density at radius 2 is 0.977 bits per heavy atom. The van der Waals surface area contributed by atoms with Crippen molar-refractivity contribution in [2.24, 2.45) is 0 Å². The van der Waals surface area contributed by atoms with Gasteiger partial charge in [0.05, 0.1) is 5.69 Å². The van der Waals surface area contributed by atoms with E-state index in [-0.39, 0.29) is 0 Å². The van der Waals surface area contributed by atoms with Crippen molar-refractivity contribution < 1.29 is 0 Å². The second-order valence-electron chi connectivity index (χ2n) is 11.4. The Labute approximate surface area is 259 Å². The number of rotatable bonds is 4. The molecular formula is C42H27NS. The van der Waals surface area contributed by atoms with E-state index in [0.717, 1.165) is 11.4 Å². The molecule has 0 atom stereocenters. The zero-order chi connectivity index (χ0) is 29.0. The number of hydrogen-bond acceptors (Lipinski definition) is 2. The highest BCUT2D eigenvalue weighted by Gasteiger charge is 2.19. The van der Waals surface area contributed by atoms with Crippen LogP contribution in [-0.4, -0.2) is 0 Å². The molecule has 1 heterocycles. The fourth-order valence-electron chi connectivity index (χ4n) is 6.76. The van der Waals surface area contributed by atoms with E-state index in [4.69, 9.17) is 0 Å². The van der Waals surface area contributed by atoms with Crippen molar-refractivity contribution in [3.63, 3.8) is 0 Å². The standard InChI is InChI=1S/C42H27NS/c1-2-10-28(11-3-1)29-20-22-32(23-21-29)43(33-24-25-37-36-15-8-9-17-40(36)44-41(37)27-33)39-26-31-19-18-30-12-4-5-13-34(30)42(31)38-16-7-6-14-35(38)39/h1-27H. The lowest BCUT2D eigenvalue weighted by Crippen LogP contribution is -2.10. The van der Waals surface area contributed by atoms with E-state index in [2.05, 4.69) is 169 Å². The molecule has 0 unspecified atom stereocenters. The molecule has 0 aliphatic heterocycles. The smallest absolute Gasteiger partial charge is 0.0546 e. The minimum absolute atomic E-state index is 1.13. The summed E-state index contributed by atoms with van der Waals surface area (Å²) in [6.45, 7) is 0. The molecule has 0 fully saturated rings. The van der Waals surface area contributed by atoms with Gasteiger partial charge in [-0.3, -0.25) is 0 Å². The molecule has 0 N–H and O–H groups in total. The van der Waals surface area contributed by atoms with Gasteiger partial charge in [0, 0.05) is 36.9 Å². The second-order valence-corrected chi connectivity index (χ2v) is 12.4. The van der Waals surface area contributed by atoms with Crippen LogP contribution in [0, 0.1) is 0 Å². The Bertz CT molecular complexity index is 2490. The Morgan fingerprint density at radius 3 is 1.82 bits per heavy atom. The first-order chi connectivity index (χ1) is 21.8. The predicted octanol–water partition coefficient (Wildman–Crippen LogP) is 12.7. The van der Waals surface area contributed by atoms with Crippen LogP contribution in [-0.2, 0) is 0 Å². The SMILES string of the molecule is c1ccc(-c2ccc(N(c3ccc4c(c3)sc3ccccc34)c3cc4ccc5ccccc5c4c4ccccc34)cc2)cc1. The van der Waals surface area contributed by atoms with Gasteiger partial charge >= 0.3 is 0 Å². The molecule has 0 saturated heterocycles. The van der Waals surface area contributed by atoms with Crippen molar-refractivity contribution in [1.82, 2.24) is 0 Å². The van der Waals surface area contributed by atoms with Gasteiger partial charge in [0.25, 0.3) is 0 Å². The lowest BCUT2D eigenvalue weighted by molar-refractivity contribution is 1.31. The Morgan fingerprint density at radius 1 is 0.364 bits per heavy atom. The third-order valence-corrected chi connectivity index (χ3v) is 9.95. The Kier molecular flexibility index (Phi) is 5.75. The zero-order valence-electron chi connectivity index (χ0n) is 23.9. The van der Waals surface area contributed by atoms with E-state index in [1.54, 1.807) is 0 Å². The van der Waals surface area contributed by atoms with Crippen molar-refractivity contribution in [2.75, 3.05) is 4.90 Å². The van der Waals surface area contributed by atoms with E-state index in [9.17, 15) is 0 Å². The van der Waals surface area contributed by atoms with E-state index < -0.39 is 0 Å². The highest BCUT2D eigenvalue weighted by molar-refractivity contribution is 7.25. The summed E-state index contributed by atoms with van der Waals surface area (Å²) in [7, 11) is 0. The third-order valence-electron chi connectivity index (χ3n) is 8.82. The van der Waals surface area contributed by atoms with Gasteiger partial charge in [-0.15, -0.1) is 11.3 Å². The number of thiophene rings is 1. The van der Waals surface area contributed by atoms with Gasteiger partial charge in [0.1, 0.15) is 0 Å². The molecule has 206 valence electrons. The van der Waals surface area contributed by atoms with Gasteiger partial charge < -0.3 is 4.90 Å². The summed E-state index contributed by atoms with van der Waals surface area (Å²) in [5.41, 5.74) is 5.90. The highest BCUT2D eigenvalue weighted by atomic mass is 32.1. The van der Waals surface area contributed by atoms with Gasteiger partial charge in [-0.25, -0.2) is 0 Å². The maximum Gasteiger partial charge on any atom is 0.0546 e. The van der Waals surface area contributed by atoms with Gasteiger partial charge in [0.2, 0.25) is 0 Å². The monoisotopic (exact) mass is 577 g/mol. The van der Waals surface area contributed by atoms with E-state index in [1.807, 2.05) is 11.3 Å². The summed E-state index contributed by atoms with van der Waals surface area (Å²) >= 11 is 1.86. The quantitative estimate of drug-likeness (QED) is 0.188. The molecule has 2 heteroatoms. The third kappa shape index (κ3) is 4.00. The molecule has 0 spiro atoms. The zero-order valence-corrected chi connectivity index (χ0v) is 24.8. The largest absolute Gasteiger partial charge is 0.310 e. The Balaban J connectivity index is 1.32. The van der Waals surface area contributed by atoms with Crippen LogP contribution in [0.1, 0.15) is 0 Å². The van der Waals surface area contributed by atoms with Crippen LogP contribution in [0.4, 0.5) is 17.1 Å². The lowest BCUT2D eigenvalue weighted by atomic mass is 9.94. The molecule has 1 nitrogen and oxygen atoms in total. The molecule has 1 aromatic heterocycles. The van der Waals surface area contributed by atoms with Gasteiger partial charge in [0.15, 0.2) is 0 Å². The molecule has 9 aromatic rings.